The third-order valence-electron chi connectivity index (χ3n) is 4.02. The number of hydrogen-bond acceptors (Lipinski definition) is 1. The molecule has 1 N–H and O–H groups in total. The van der Waals surface area contributed by atoms with Crippen LogP contribution in [-0.2, 0) is 19.3 Å². The molecule has 0 amide bonds. The van der Waals surface area contributed by atoms with E-state index in [4.69, 9.17) is 0 Å². The molecule has 0 aliphatic heterocycles. The van der Waals surface area contributed by atoms with E-state index in [0.717, 1.165) is 24.8 Å². The first-order valence-corrected chi connectivity index (χ1v) is 8.00. The van der Waals surface area contributed by atoms with Crippen LogP contribution in [0.15, 0.2) is 36.4 Å². The standard InChI is InChI=1S/C20H26O/c1-5-15-13-19(21)18(12-14(3)4)17(6-2)20(15)16-10-8-7-9-11-16/h7-11,13-14,21H,5-6,12H2,1-4H3. The van der Waals surface area contributed by atoms with Crippen molar-refractivity contribution in [3.05, 3.63) is 53.1 Å². The van der Waals surface area contributed by atoms with Crippen molar-refractivity contribution in [3.63, 3.8) is 0 Å². The predicted octanol–water partition coefficient (Wildman–Crippen LogP) is 5.38. The maximum atomic E-state index is 10.5. The molecular formula is C20H26O. The van der Waals surface area contributed by atoms with Crippen LogP contribution in [-0.4, -0.2) is 5.11 Å². The highest BCUT2D eigenvalue weighted by Crippen LogP contribution is 2.37. The second-order valence-electron chi connectivity index (χ2n) is 6.06. The van der Waals surface area contributed by atoms with Crippen molar-refractivity contribution >= 4 is 0 Å². The molecular weight excluding hydrogens is 256 g/mol. The zero-order chi connectivity index (χ0) is 15.4. The summed E-state index contributed by atoms with van der Waals surface area (Å²) in [4.78, 5) is 0. The molecule has 0 aliphatic carbocycles. The summed E-state index contributed by atoms with van der Waals surface area (Å²) in [6.07, 6.45) is 2.82. The first kappa shape index (κ1) is 15.6. The van der Waals surface area contributed by atoms with Crippen LogP contribution >= 0.6 is 0 Å². The molecule has 112 valence electrons. The van der Waals surface area contributed by atoms with Gasteiger partial charge in [0.1, 0.15) is 5.75 Å². The van der Waals surface area contributed by atoms with Crippen LogP contribution in [0, 0.1) is 5.92 Å². The fourth-order valence-corrected chi connectivity index (χ4v) is 3.09. The number of phenols is 1. The van der Waals surface area contributed by atoms with Crippen LogP contribution in [0.2, 0.25) is 0 Å². The number of rotatable bonds is 5. The molecule has 1 nitrogen and oxygen atoms in total. The molecule has 2 aromatic carbocycles. The average molecular weight is 282 g/mol. The highest BCUT2D eigenvalue weighted by molar-refractivity contribution is 5.74. The number of phenolic OH excluding ortho intramolecular Hbond substituents is 1. The molecule has 0 atom stereocenters. The smallest absolute Gasteiger partial charge is 0.119 e. The SMILES string of the molecule is CCc1cc(O)c(CC(C)C)c(CC)c1-c1ccccc1. The van der Waals surface area contributed by atoms with Gasteiger partial charge in [-0.15, -0.1) is 0 Å². The van der Waals surface area contributed by atoms with E-state index >= 15 is 0 Å². The Balaban J connectivity index is 2.71. The van der Waals surface area contributed by atoms with Crippen LogP contribution in [0.5, 0.6) is 5.75 Å². The van der Waals surface area contributed by atoms with Gasteiger partial charge < -0.3 is 5.11 Å². The Morgan fingerprint density at radius 2 is 1.62 bits per heavy atom. The van der Waals surface area contributed by atoms with Crippen molar-refractivity contribution in [2.24, 2.45) is 5.92 Å². The van der Waals surface area contributed by atoms with E-state index < -0.39 is 0 Å². The quantitative estimate of drug-likeness (QED) is 0.780. The molecule has 0 saturated heterocycles. The summed E-state index contributed by atoms with van der Waals surface area (Å²) in [6.45, 7) is 8.75. The van der Waals surface area contributed by atoms with Crippen molar-refractivity contribution in [3.8, 4) is 16.9 Å². The zero-order valence-electron chi connectivity index (χ0n) is 13.6. The minimum Gasteiger partial charge on any atom is -0.508 e. The lowest BCUT2D eigenvalue weighted by molar-refractivity contribution is 0.460. The maximum absolute atomic E-state index is 10.5. The molecule has 2 rings (SSSR count). The Kier molecular flexibility index (Phi) is 5.06. The third kappa shape index (κ3) is 3.29. The minimum atomic E-state index is 0.470. The lowest BCUT2D eigenvalue weighted by Crippen LogP contribution is -2.04. The van der Waals surface area contributed by atoms with E-state index in [9.17, 15) is 5.11 Å². The number of hydrogen-bond donors (Lipinski definition) is 1. The monoisotopic (exact) mass is 282 g/mol. The highest BCUT2D eigenvalue weighted by Gasteiger charge is 2.17. The second kappa shape index (κ2) is 6.80. The summed E-state index contributed by atoms with van der Waals surface area (Å²) in [5.41, 5.74) is 6.27. The molecule has 0 radical (unpaired) electrons. The van der Waals surface area contributed by atoms with Crippen LogP contribution in [0.3, 0.4) is 0 Å². The van der Waals surface area contributed by atoms with Crippen LogP contribution in [0.1, 0.15) is 44.4 Å². The summed E-state index contributed by atoms with van der Waals surface area (Å²) >= 11 is 0. The zero-order valence-corrected chi connectivity index (χ0v) is 13.6. The summed E-state index contributed by atoms with van der Waals surface area (Å²) in [5, 5.41) is 10.5. The number of benzene rings is 2. The summed E-state index contributed by atoms with van der Waals surface area (Å²) < 4.78 is 0. The first-order valence-electron chi connectivity index (χ1n) is 8.00. The van der Waals surface area contributed by atoms with Gasteiger partial charge >= 0.3 is 0 Å². The molecule has 0 bridgehead atoms. The van der Waals surface area contributed by atoms with Gasteiger partial charge in [0, 0.05) is 0 Å². The Morgan fingerprint density at radius 1 is 0.952 bits per heavy atom. The Morgan fingerprint density at radius 3 is 2.14 bits per heavy atom. The van der Waals surface area contributed by atoms with E-state index in [2.05, 4.69) is 58.0 Å². The van der Waals surface area contributed by atoms with Gasteiger partial charge in [-0.05, 0) is 59.1 Å². The molecule has 1 heteroatoms. The number of aromatic hydroxyl groups is 1. The van der Waals surface area contributed by atoms with Gasteiger partial charge in [0.25, 0.3) is 0 Å². The van der Waals surface area contributed by atoms with Gasteiger partial charge in [-0.3, -0.25) is 0 Å². The molecule has 0 spiro atoms. The van der Waals surface area contributed by atoms with E-state index in [-0.39, 0.29) is 0 Å². The Labute approximate surface area is 128 Å². The normalized spacial score (nSPS) is 11.1. The van der Waals surface area contributed by atoms with Gasteiger partial charge in [0.2, 0.25) is 0 Å². The Hall–Kier alpha value is -1.76. The molecule has 0 saturated carbocycles. The van der Waals surface area contributed by atoms with Gasteiger partial charge in [-0.2, -0.15) is 0 Å². The van der Waals surface area contributed by atoms with Crippen molar-refractivity contribution < 1.29 is 5.11 Å². The highest BCUT2D eigenvalue weighted by atomic mass is 16.3. The van der Waals surface area contributed by atoms with Gasteiger partial charge in [-0.25, -0.2) is 0 Å². The van der Waals surface area contributed by atoms with Gasteiger partial charge in [0.15, 0.2) is 0 Å². The number of aryl methyl sites for hydroxylation is 1. The second-order valence-corrected chi connectivity index (χ2v) is 6.06. The topological polar surface area (TPSA) is 20.2 Å². The van der Waals surface area contributed by atoms with Gasteiger partial charge in [0.05, 0.1) is 0 Å². The van der Waals surface area contributed by atoms with Crippen molar-refractivity contribution in [2.45, 2.75) is 47.0 Å². The van der Waals surface area contributed by atoms with Crippen LogP contribution in [0.25, 0.3) is 11.1 Å². The minimum absolute atomic E-state index is 0.470. The molecule has 0 aromatic heterocycles. The van der Waals surface area contributed by atoms with E-state index in [1.165, 1.54) is 22.3 Å². The van der Waals surface area contributed by atoms with Crippen molar-refractivity contribution in [1.82, 2.24) is 0 Å². The van der Waals surface area contributed by atoms with E-state index in [1.807, 2.05) is 6.07 Å². The Bertz CT molecular complexity index is 597. The lowest BCUT2D eigenvalue weighted by Gasteiger charge is -2.20. The van der Waals surface area contributed by atoms with Gasteiger partial charge in [-0.1, -0.05) is 58.0 Å². The lowest BCUT2D eigenvalue weighted by atomic mass is 9.85. The molecule has 0 fully saturated rings. The fraction of sp³-hybridized carbons (Fsp3) is 0.400. The summed E-state index contributed by atoms with van der Waals surface area (Å²) in [6, 6.07) is 12.5. The maximum Gasteiger partial charge on any atom is 0.119 e. The largest absolute Gasteiger partial charge is 0.508 e. The predicted molar refractivity (Wildman–Crippen MR) is 90.8 cm³/mol. The van der Waals surface area contributed by atoms with Crippen molar-refractivity contribution in [2.75, 3.05) is 0 Å². The molecule has 0 unspecified atom stereocenters. The summed E-state index contributed by atoms with van der Waals surface area (Å²) in [7, 11) is 0. The molecule has 0 heterocycles. The molecule has 21 heavy (non-hydrogen) atoms. The van der Waals surface area contributed by atoms with Crippen LogP contribution < -0.4 is 0 Å². The fourth-order valence-electron chi connectivity index (χ4n) is 3.09. The van der Waals surface area contributed by atoms with Crippen LogP contribution in [0.4, 0.5) is 0 Å². The van der Waals surface area contributed by atoms with E-state index in [0.29, 0.717) is 11.7 Å². The first-order chi connectivity index (χ1) is 10.1. The third-order valence-corrected chi connectivity index (χ3v) is 4.02. The van der Waals surface area contributed by atoms with E-state index in [1.54, 1.807) is 0 Å². The molecule has 0 aliphatic rings. The van der Waals surface area contributed by atoms with Crippen molar-refractivity contribution in [1.29, 1.82) is 0 Å². The molecule has 2 aromatic rings. The summed E-state index contributed by atoms with van der Waals surface area (Å²) in [5.74, 6) is 1.01. The average Bonchev–Trinajstić information content (AvgIpc) is 2.49.